The third kappa shape index (κ3) is 2.81. The van der Waals surface area contributed by atoms with E-state index < -0.39 is 13.7 Å². The number of rotatable bonds is 5. The second-order valence-corrected chi connectivity index (χ2v) is 11.1. The van der Waals surface area contributed by atoms with Gasteiger partial charge in [-0.15, -0.1) is 0 Å². The monoisotopic (exact) mass is 216 g/mol. The molecule has 1 aliphatic rings. The molecule has 0 aliphatic carbocycles. The number of aliphatic hydroxyl groups is 1. The van der Waals surface area contributed by atoms with Crippen LogP contribution in [0, 0.1) is 0 Å². The first-order chi connectivity index (χ1) is 6.29. The van der Waals surface area contributed by atoms with Gasteiger partial charge >= 0.3 is 0 Å². The molecule has 0 amide bonds. The molecule has 0 aromatic rings. The highest BCUT2D eigenvalue weighted by molar-refractivity contribution is 6.78. The van der Waals surface area contributed by atoms with E-state index in [0.29, 0.717) is 5.73 Å². The molecule has 1 aliphatic heterocycles. The predicted octanol–water partition coefficient (Wildman–Crippen LogP) is 2.57. The van der Waals surface area contributed by atoms with Crippen LogP contribution in [-0.2, 0) is 4.74 Å². The van der Waals surface area contributed by atoms with Crippen LogP contribution in [0.3, 0.4) is 0 Å². The van der Waals surface area contributed by atoms with Gasteiger partial charge < -0.3 is 9.84 Å². The Morgan fingerprint density at radius 2 is 1.93 bits per heavy atom. The average molecular weight is 216 g/mol. The fourth-order valence-electron chi connectivity index (χ4n) is 1.92. The Morgan fingerprint density at radius 3 is 2.29 bits per heavy atom. The summed E-state index contributed by atoms with van der Waals surface area (Å²) in [6, 6.07) is 0. The van der Waals surface area contributed by atoms with Crippen LogP contribution in [0.1, 0.15) is 33.1 Å². The van der Waals surface area contributed by atoms with Crippen LogP contribution in [0.4, 0.5) is 0 Å². The van der Waals surface area contributed by atoms with E-state index in [9.17, 15) is 5.11 Å². The minimum Gasteiger partial charge on any atom is -0.387 e. The van der Waals surface area contributed by atoms with Crippen molar-refractivity contribution in [3.05, 3.63) is 0 Å². The maximum Gasteiger partial charge on any atom is 0.109 e. The lowest BCUT2D eigenvalue weighted by atomic mass is 9.96. The number of unbranched alkanes of at least 4 members (excludes halogenated alkanes) is 1. The van der Waals surface area contributed by atoms with Crippen LogP contribution < -0.4 is 0 Å². The summed E-state index contributed by atoms with van der Waals surface area (Å²) < 4.78 is 5.65. The van der Waals surface area contributed by atoms with Gasteiger partial charge in [-0.05, 0) is 13.3 Å². The van der Waals surface area contributed by atoms with Gasteiger partial charge in [0.05, 0.1) is 19.4 Å². The van der Waals surface area contributed by atoms with Crippen LogP contribution in [-0.4, -0.2) is 30.6 Å². The molecular formula is C11H24O2Si. The second kappa shape index (κ2) is 3.95. The van der Waals surface area contributed by atoms with Crippen LogP contribution >= 0.6 is 0 Å². The largest absolute Gasteiger partial charge is 0.387 e. The first-order valence-electron chi connectivity index (χ1n) is 5.67. The van der Waals surface area contributed by atoms with E-state index in [4.69, 9.17) is 4.74 Å². The maximum absolute atomic E-state index is 10.2. The summed E-state index contributed by atoms with van der Waals surface area (Å²) in [6.07, 6.45) is 3.21. The van der Waals surface area contributed by atoms with E-state index in [1.54, 1.807) is 0 Å². The Bertz CT molecular complexity index is 196. The van der Waals surface area contributed by atoms with E-state index >= 15 is 0 Å². The molecule has 1 N–H and O–H groups in total. The zero-order valence-electron chi connectivity index (χ0n) is 10.1. The third-order valence-corrected chi connectivity index (χ3v) is 5.14. The summed E-state index contributed by atoms with van der Waals surface area (Å²) in [7, 11) is -1.22. The van der Waals surface area contributed by atoms with Gasteiger partial charge in [-0.25, -0.2) is 0 Å². The maximum atomic E-state index is 10.2. The van der Waals surface area contributed by atoms with E-state index in [1.807, 2.05) is 6.92 Å². The van der Waals surface area contributed by atoms with Gasteiger partial charge in [-0.1, -0.05) is 39.4 Å². The molecule has 0 aromatic heterocycles. The van der Waals surface area contributed by atoms with Gasteiger partial charge in [0.25, 0.3) is 0 Å². The molecule has 14 heavy (non-hydrogen) atoms. The second-order valence-electron chi connectivity index (χ2n) is 5.80. The topological polar surface area (TPSA) is 32.8 Å². The fourth-order valence-corrected chi connectivity index (χ4v) is 3.74. The SMILES string of the molecule is CCCC[C@@](C)(O)[C@@H]1O[C@H]1[Si](C)(C)C. The highest BCUT2D eigenvalue weighted by Gasteiger charge is 2.56. The molecule has 1 heterocycles. The molecule has 0 radical (unpaired) electrons. The molecule has 3 atom stereocenters. The van der Waals surface area contributed by atoms with Crippen molar-refractivity contribution in [3.63, 3.8) is 0 Å². The molecule has 0 unspecified atom stereocenters. The normalized spacial score (nSPS) is 31.3. The van der Waals surface area contributed by atoms with Crippen LogP contribution in [0.25, 0.3) is 0 Å². The lowest BCUT2D eigenvalue weighted by Gasteiger charge is -2.22. The van der Waals surface area contributed by atoms with Gasteiger partial charge in [0.2, 0.25) is 0 Å². The van der Waals surface area contributed by atoms with E-state index in [2.05, 4.69) is 26.6 Å². The molecule has 1 saturated heterocycles. The van der Waals surface area contributed by atoms with E-state index in [-0.39, 0.29) is 6.10 Å². The predicted molar refractivity (Wildman–Crippen MR) is 62.2 cm³/mol. The molecule has 0 bridgehead atoms. The van der Waals surface area contributed by atoms with Gasteiger partial charge in [-0.2, -0.15) is 0 Å². The van der Waals surface area contributed by atoms with Crippen molar-refractivity contribution in [2.75, 3.05) is 0 Å². The molecular weight excluding hydrogens is 192 g/mol. The fraction of sp³-hybridized carbons (Fsp3) is 1.00. The van der Waals surface area contributed by atoms with Gasteiger partial charge in [-0.3, -0.25) is 0 Å². The van der Waals surface area contributed by atoms with Crippen molar-refractivity contribution in [2.24, 2.45) is 0 Å². The highest BCUT2D eigenvalue weighted by atomic mass is 28.3. The summed E-state index contributed by atoms with van der Waals surface area (Å²) in [4.78, 5) is 0. The molecule has 1 fully saturated rings. The summed E-state index contributed by atoms with van der Waals surface area (Å²) >= 11 is 0. The Labute approximate surface area is 88.7 Å². The van der Waals surface area contributed by atoms with Crippen molar-refractivity contribution in [3.8, 4) is 0 Å². The summed E-state index contributed by atoms with van der Waals surface area (Å²) in [5.41, 5.74) is -0.226. The summed E-state index contributed by atoms with van der Waals surface area (Å²) in [5.74, 6) is 0. The quantitative estimate of drug-likeness (QED) is 0.566. The van der Waals surface area contributed by atoms with Crippen LogP contribution in [0.15, 0.2) is 0 Å². The minimum absolute atomic E-state index is 0.112. The van der Waals surface area contributed by atoms with Crippen LogP contribution in [0.2, 0.25) is 19.6 Å². The zero-order valence-corrected chi connectivity index (χ0v) is 11.1. The van der Waals surface area contributed by atoms with Crippen molar-refractivity contribution < 1.29 is 9.84 Å². The lowest BCUT2D eigenvalue weighted by molar-refractivity contribution is 0.0196. The van der Waals surface area contributed by atoms with Crippen molar-refractivity contribution in [2.45, 2.75) is 70.2 Å². The Hall–Kier alpha value is 0.137. The zero-order chi connectivity index (χ0) is 11.0. The number of hydrogen-bond donors (Lipinski definition) is 1. The number of epoxide rings is 1. The third-order valence-electron chi connectivity index (χ3n) is 2.99. The first-order valence-corrected chi connectivity index (χ1v) is 9.24. The summed E-state index contributed by atoms with van der Waals surface area (Å²) in [6.45, 7) is 11.0. The van der Waals surface area contributed by atoms with Gasteiger partial charge in [0, 0.05) is 0 Å². The van der Waals surface area contributed by atoms with E-state index in [1.165, 1.54) is 0 Å². The van der Waals surface area contributed by atoms with E-state index in [0.717, 1.165) is 19.3 Å². The minimum atomic E-state index is -1.22. The Morgan fingerprint density at radius 1 is 1.36 bits per heavy atom. The standard InChI is InChI=1S/C11H24O2Si/c1-6-7-8-11(2,12)9-10(13-9)14(3,4)5/h9-10,12H,6-8H2,1-5H3/t9-,10+,11-/m1/s1. The molecule has 3 heteroatoms. The number of hydrogen-bond acceptors (Lipinski definition) is 2. The molecule has 2 nitrogen and oxygen atoms in total. The average Bonchev–Trinajstić information content (AvgIpc) is 2.78. The molecule has 84 valence electrons. The molecule has 0 aromatic carbocycles. The number of ether oxygens (including phenoxy) is 1. The van der Waals surface area contributed by atoms with Crippen molar-refractivity contribution in [1.29, 1.82) is 0 Å². The van der Waals surface area contributed by atoms with Crippen molar-refractivity contribution >= 4 is 8.07 Å². The molecule has 0 saturated carbocycles. The van der Waals surface area contributed by atoms with Crippen LogP contribution in [0.5, 0.6) is 0 Å². The first kappa shape index (κ1) is 12.2. The smallest absolute Gasteiger partial charge is 0.109 e. The molecule has 0 spiro atoms. The van der Waals surface area contributed by atoms with Gasteiger partial charge in [0.15, 0.2) is 0 Å². The Balaban J connectivity index is 2.44. The van der Waals surface area contributed by atoms with Gasteiger partial charge in [0.1, 0.15) is 6.10 Å². The van der Waals surface area contributed by atoms with Crippen molar-refractivity contribution in [1.82, 2.24) is 0 Å². The lowest BCUT2D eigenvalue weighted by Crippen LogP contribution is -2.39. The Kier molecular flexibility index (Phi) is 3.44. The molecule has 1 rings (SSSR count). The summed E-state index contributed by atoms with van der Waals surface area (Å²) in [5, 5.41) is 10.2. The highest BCUT2D eigenvalue weighted by Crippen LogP contribution is 2.40.